The molecule has 1 N–H and O–H groups in total. The van der Waals surface area contributed by atoms with Gasteiger partial charge in [-0.1, -0.05) is 32.3 Å². The highest BCUT2D eigenvalue weighted by atomic mass is 16.2. The Kier molecular flexibility index (Phi) is 6.07. The third kappa shape index (κ3) is 5.33. The van der Waals surface area contributed by atoms with Crippen molar-refractivity contribution in [2.45, 2.75) is 39.2 Å². The van der Waals surface area contributed by atoms with Gasteiger partial charge in [-0.2, -0.15) is 0 Å². The number of hydrogen-bond acceptors (Lipinski definition) is 2. The van der Waals surface area contributed by atoms with E-state index in [-0.39, 0.29) is 18.0 Å². The first-order valence-electron chi connectivity index (χ1n) is 6.16. The Morgan fingerprint density at radius 2 is 2.12 bits per heavy atom. The van der Waals surface area contributed by atoms with Crippen LogP contribution in [-0.4, -0.2) is 17.0 Å². The normalized spacial score (nSPS) is 10.2. The lowest BCUT2D eigenvalue weighted by Gasteiger charge is -2.06. The number of amides is 1. The van der Waals surface area contributed by atoms with Gasteiger partial charge in [-0.25, -0.2) is 0 Å². The Hall–Kier alpha value is -1.58. The molecule has 0 saturated heterocycles. The van der Waals surface area contributed by atoms with Gasteiger partial charge in [-0.3, -0.25) is 9.59 Å². The van der Waals surface area contributed by atoms with Crippen LogP contribution in [0.3, 0.4) is 0 Å². The summed E-state index contributed by atoms with van der Waals surface area (Å²) in [5.74, 6) is -0.102. The van der Waals surface area contributed by atoms with Crippen molar-refractivity contribution in [3.8, 4) is 0 Å². The van der Waals surface area contributed by atoms with E-state index in [0.717, 1.165) is 12.8 Å². The summed E-state index contributed by atoms with van der Waals surface area (Å²) in [5.41, 5.74) is -0.145. The average Bonchev–Trinajstić information content (AvgIpc) is 2.32. The number of pyridine rings is 1. The van der Waals surface area contributed by atoms with Gasteiger partial charge in [0.15, 0.2) is 0 Å². The van der Waals surface area contributed by atoms with Gasteiger partial charge in [-0.05, 0) is 12.5 Å². The largest absolute Gasteiger partial charge is 0.355 e. The Labute approximate surface area is 102 Å². The molecule has 1 rings (SSSR count). The molecule has 0 aliphatic carbocycles. The van der Waals surface area contributed by atoms with E-state index in [1.807, 2.05) is 0 Å². The van der Waals surface area contributed by atoms with Crippen LogP contribution in [0.15, 0.2) is 29.2 Å². The number of nitrogens with one attached hydrogen (secondary N) is 1. The summed E-state index contributed by atoms with van der Waals surface area (Å²) < 4.78 is 1.40. The minimum atomic E-state index is -0.145. The van der Waals surface area contributed by atoms with Gasteiger partial charge in [0, 0.05) is 18.8 Å². The van der Waals surface area contributed by atoms with Crippen LogP contribution in [0, 0.1) is 0 Å². The maximum Gasteiger partial charge on any atom is 0.250 e. The van der Waals surface area contributed by atoms with Crippen LogP contribution in [-0.2, 0) is 11.3 Å². The van der Waals surface area contributed by atoms with Crippen LogP contribution >= 0.6 is 0 Å². The van der Waals surface area contributed by atoms with Crippen LogP contribution in [0.4, 0.5) is 0 Å². The monoisotopic (exact) mass is 236 g/mol. The maximum atomic E-state index is 11.5. The number of unbranched alkanes of at least 4 members (excludes halogenated alkanes) is 3. The topological polar surface area (TPSA) is 51.1 Å². The third-order valence-corrected chi connectivity index (χ3v) is 2.57. The zero-order chi connectivity index (χ0) is 12.5. The first-order chi connectivity index (χ1) is 8.24. The molecule has 0 fully saturated rings. The SMILES string of the molecule is CCCCCCNC(=O)Cn1ccccc1=O. The van der Waals surface area contributed by atoms with Gasteiger partial charge in [0.1, 0.15) is 6.54 Å². The Balaban J connectivity index is 2.26. The van der Waals surface area contributed by atoms with Crippen molar-refractivity contribution in [1.29, 1.82) is 0 Å². The summed E-state index contributed by atoms with van der Waals surface area (Å²) in [7, 11) is 0. The minimum Gasteiger partial charge on any atom is -0.355 e. The summed E-state index contributed by atoms with van der Waals surface area (Å²) in [6.45, 7) is 2.95. The molecule has 1 aromatic rings. The van der Waals surface area contributed by atoms with Crippen LogP contribution in [0.5, 0.6) is 0 Å². The first-order valence-corrected chi connectivity index (χ1v) is 6.16. The van der Waals surface area contributed by atoms with Crippen molar-refractivity contribution >= 4 is 5.91 Å². The number of aromatic nitrogens is 1. The minimum absolute atomic E-state index is 0.102. The number of hydrogen-bond donors (Lipinski definition) is 1. The lowest BCUT2D eigenvalue weighted by Crippen LogP contribution is -2.32. The fraction of sp³-hybridized carbons (Fsp3) is 0.538. The summed E-state index contributed by atoms with van der Waals surface area (Å²) in [5, 5.41) is 2.82. The molecule has 4 nitrogen and oxygen atoms in total. The molecule has 0 aliphatic heterocycles. The van der Waals surface area contributed by atoms with Gasteiger partial charge in [-0.15, -0.1) is 0 Å². The summed E-state index contributed by atoms with van der Waals surface area (Å²) in [4.78, 5) is 22.9. The van der Waals surface area contributed by atoms with E-state index in [0.29, 0.717) is 6.54 Å². The first kappa shape index (κ1) is 13.5. The van der Waals surface area contributed by atoms with Gasteiger partial charge < -0.3 is 9.88 Å². The molecule has 1 amide bonds. The molecule has 17 heavy (non-hydrogen) atoms. The highest BCUT2D eigenvalue weighted by Crippen LogP contribution is 1.96. The van der Waals surface area contributed by atoms with E-state index in [2.05, 4.69) is 12.2 Å². The molecule has 4 heteroatoms. The number of rotatable bonds is 7. The van der Waals surface area contributed by atoms with Crippen molar-refractivity contribution in [2.24, 2.45) is 0 Å². The van der Waals surface area contributed by atoms with E-state index >= 15 is 0 Å². The third-order valence-electron chi connectivity index (χ3n) is 2.57. The Morgan fingerprint density at radius 3 is 2.82 bits per heavy atom. The number of nitrogens with zero attached hydrogens (tertiary/aromatic N) is 1. The number of carbonyl (C=O) groups is 1. The quantitative estimate of drug-likeness (QED) is 0.730. The highest BCUT2D eigenvalue weighted by Gasteiger charge is 2.02. The van der Waals surface area contributed by atoms with Crippen molar-refractivity contribution in [1.82, 2.24) is 9.88 Å². The van der Waals surface area contributed by atoms with Crippen molar-refractivity contribution in [3.05, 3.63) is 34.7 Å². The fourth-order valence-electron chi connectivity index (χ4n) is 1.58. The van der Waals surface area contributed by atoms with Crippen LogP contribution in [0.25, 0.3) is 0 Å². The van der Waals surface area contributed by atoms with Gasteiger partial charge in [0.25, 0.3) is 5.56 Å². The van der Waals surface area contributed by atoms with Crippen molar-refractivity contribution in [2.75, 3.05) is 6.54 Å². The molecule has 0 unspecified atom stereocenters. The molecule has 0 aromatic carbocycles. The van der Waals surface area contributed by atoms with E-state index in [4.69, 9.17) is 0 Å². The van der Waals surface area contributed by atoms with Gasteiger partial charge >= 0.3 is 0 Å². The molecule has 1 aromatic heterocycles. The predicted octanol–water partition coefficient (Wildman–Crippen LogP) is 1.54. The molecule has 0 saturated carbocycles. The zero-order valence-corrected chi connectivity index (χ0v) is 10.3. The van der Waals surface area contributed by atoms with E-state index < -0.39 is 0 Å². The Bertz CT molecular complexity index is 398. The average molecular weight is 236 g/mol. The second kappa shape index (κ2) is 7.65. The molecule has 0 radical (unpaired) electrons. The van der Waals surface area contributed by atoms with Crippen LogP contribution in [0.1, 0.15) is 32.6 Å². The molecule has 0 aliphatic rings. The zero-order valence-electron chi connectivity index (χ0n) is 10.3. The molecule has 0 atom stereocenters. The van der Waals surface area contributed by atoms with Crippen LogP contribution < -0.4 is 10.9 Å². The second-order valence-corrected chi connectivity index (χ2v) is 4.08. The van der Waals surface area contributed by atoms with Crippen molar-refractivity contribution < 1.29 is 4.79 Å². The number of carbonyl (C=O) groups excluding carboxylic acids is 1. The second-order valence-electron chi connectivity index (χ2n) is 4.08. The van der Waals surface area contributed by atoms with Crippen LogP contribution in [0.2, 0.25) is 0 Å². The summed E-state index contributed by atoms with van der Waals surface area (Å²) in [6.07, 6.45) is 6.16. The van der Waals surface area contributed by atoms with E-state index in [9.17, 15) is 9.59 Å². The smallest absolute Gasteiger partial charge is 0.250 e. The summed E-state index contributed by atoms with van der Waals surface area (Å²) >= 11 is 0. The molecule has 94 valence electrons. The molecule has 0 bridgehead atoms. The molecular weight excluding hydrogens is 216 g/mol. The lowest BCUT2D eigenvalue weighted by molar-refractivity contribution is -0.121. The highest BCUT2D eigenvalue weighted by molar-refractivity contribution is 5.75. The fourth-order valence-corrected chi connectivity index (χ4v) is 1.58. The lowest BCUT2D eigenvalue weighted by atomic mass is 10.2. The summed E-state index contributed by atoms with van der Waals surface area (Å²) in [6, 6.07) is 4.87. The standard InChI is InChI=1S/C13H20N2O2/c1-2-3-4-6-9-14-12(16)11-15-10-7-5-8-13(15)17/h5,7-8,10H,2-4,6,9,11H2,1H3,(H,14,16). The van der Waals surface area contributed by atoms with Gasteiger partial charge in [0.05, 0.1) is 0 Å². The molecule has 1 heterocycles. The van der Waals surface area contributed by atoms with E-state index in [1.165, 1.54) is 23.5 Å². The predicted molar refractivity (Wildman–Crippen MR) is 67.9 cm³/mol. The Morgan fingerprint density at radius 1 is 1.29 bits per heavy atom. The maximum absolute atomic E-state index is 11.5. The van der Waals surface area contributed by atoms with Crippen molar-refractivity contribution in [3.63, 3.8) is 0 Å². The van der Waals surface area contributed by atoms with E-state index in [1.54, 1.807) is 18.3 Å². The van der Waals surface area contributed by atoms with Gasteiger partial charge in [0.2, 0.25) is 5.91 Å². The molecular formula is C13H20N2O2. The molecule has 0 spiro atoms.